The van der Waals surface area contributed by atoms with Gasteiger partial charge in [0, 0.05) is 18.6 Å². The summed E-state index contributed by atoms with van der Waals surface area (Å²) in [5.74, 6) is -1.26. The highest BCUT2D eigenvalue weighted by Crippen LogP contribution is 2.36. The minimum absolute atomic E-state index is 0.0374. The molecule has 0 saturated carbocycles. The maximum atomic E-state index is 13.8. The van der Waals surface area contributed by atoms with Crippen molar-refractivity contribution in [1.29, 1.82) is 0 Å². The van der Waals surface area contributed by atoms with Crippen LogP contribution >= 0.6 is 15.9 Å². The van der Waals surface area contributed by atoms with Gasteiger partial charge in [0.1, 0.15) is 5.82 Å². The molecule has 150 valence electrons. The molecule has 2 atom stereocenters. The molecule has 0 saturated heterocycles. The fourth-order valence-electron chi connectivity index (χ4n) is 3.55. The lowest BCUT2D eigenvalue weighted by atomic mass is 9.96. The van der Waals surface area contributed by atoms with Gasteiger partial charge in [0.25, 0.3) is 0 Å². The maximum absolute atomic E-state index is 13.8. The van der Waals surface area contributed by atoms with Crippen LogP contribution in [-0.2, 0) is 11.3 Å². The van der Waals surface area contributed by atoms with Gasteiger partial charge in [-0.2, -0.15) is 0 Å². The van der Waals surface area contributed by atoms with Gasteiger partial charge in [0.15, 0.2) is 0 Å². The molecule has 29 heavy (non-hydrogen) atoms. The Balaban J connectivity index is 2.05. The number of nitrogens with zero attached hydrogens (tertiary/aromatic N) is 1. The highest BCUT2D eigenvalue weighted by molar-refractivity contribution is 9.10. The van der Waals surface area contributed by atoms with E-state index in [1.807, 2.05) is 60.7 Å². The first kappa shape index (κ1) is 21.2. The first-order valence-electron chi connectivity index (χ1n) is 9.47. The first-order chi connectivity index (χ1) is 14.0. The summed E-state index contributed by atoms with van der Waals surface area (Å²) >= 11 is 3.24. The van der Waals surface area contributed by atoms with E-state index in [0.29, 0.717) is 11.0 Å². The minimum atomic E-state index is -0.895. The lowest BCUT2D eigenvalue weighted by Gasteiger charge is -2.37. The molecule has 0 aliphatic heterocycles. The van der Waals surface area contributed by atoms with Gasteiger partial charge < -0.3 is 5.11 Å². The van der Waals surface area contributed by atoms with Crippen LogP contribution < -0.4 is 0 Å². The summed E-state index contributed by atoms with van der Waals surface area (Å²) in [6.07, 6.45) is -0.0813. The topological polar surface area (TPSA) is 40.5 Å². The molecule has 5 heteroatoms. The molecule has 0 heterocycles. The predicted molar refractivity (Wildman–Crippen MR) is 116 cm³/mol. The molecule has 0 bridgehead atoms. The third-order valence-electron chi connectivity index (χ3n) is 5.08. The fraction of sp³-hybridized carbons (Fsp3) is 0.208. The highest BCUT2D eigenvalue weighted by atomic mass is 79.9. The van der Waals surface area contributed by atoms with Crippen LogP contribution in [-0.4, -0.2) is 16.0 Å². The van der Waals surface area contributed by atoms with Crippen LogP contribution in [0.2, 0.25) is 0 Å². The molecule has 3 nitrogen and oxygen atoms in total. The standard InChI is InChI=1S/C24H23BrFNO2/c1-17(19-10-6-3-7-11-19)27(16-18-8-4-2-5-9-18)23(15-24(28)29)20-12-13-22(26)21(25)14-20/h2-14,17,23H,15-16H2,1H3,(H,28,29). The molecular formula is C24H23BrFNO2. The van der Waals surface area contributed by atoms with E-state index in [0.717, 1.165) is 16.7 Å². The van der Waals surface area contributed by atoms with Gasteiger partial charge in [-0.05, 0) is 51.7 Å². The second kappa shape index (κ2) is 9.81. The quantitative estimate of drug-likeness (QED) is 0.429. The zero-order valence-electron chi connectivity index (χ0n) is 16.1. The average Bonchev–Trinajstić information content (AvgIpc) is 2.73. The van der Waals surface area contributed by atoms with E-state index in [2.05, 4.69) is 27.8 Å². The molecular weight excluding hydrogens is 433 g/mol. The number of aliphatic carboxylic acids is 1. The number of rotatable bonds is 8. The van der Waals surface area contributed by atoms with Crippen LogP contribution in [0.15, 0.2) is 83.3 Å². The van der Waals surface area contributed by atoms with Crippen molar-refractivity contribution >= 4 is 21.9 Å². The smallest absolute Gasteiger partial charge is 0.305 e. The van der Waals surface area contributed by atoms with Crippen LogP contribution in [0.5, 0.6) is 0 Å². The Hall–Kier alpha value is -2.50. The number of carbonyl (C=O) groups is 1. The van der Waals surface area contributed by atoms with E-state index in [1.54, 1.807) is 12.1 Å². The Morgan fingerprint density at radius 3 is 2.21 bits per heavy atom. The summed E-state index contributed by atoms with van der Waals surface area (Å²) in [5.41, 5.74) is 2.95. The largest absolute Gasteiger partial charge is 0.481 e. The highest BCUT2D eigenvalue weighted by Gasteiger charge is 2.28. The Bertz CT molecular complexity index is 950. The van der Waals surface area contributed by atoms with Gasteiger partial charge in [0.05, 0.1) is 10.9 Å². The van der Waals surface area contributed by atoms with Crippen molar-refractivity contribution < 1.29 is 14.3 Å². The average molecular weight is 456 g/mol. The monoisotopic (exact) mass is 455 g/mol. The molecule has 0 radical (unpaired) electrons. The number of halogens is 2. The lowest BCUT2D eigenvalue weighted by molar-refractivity contribution is -0.138. The van der Waals surface area contributed by atoms with Gasteiger partial charge >= 0.3 is 5.97 Å². The normalized spacial score (nSPS) is 13.2. The number of carboxylic acid groups (broad SMARTS) is 1. The molecule has 3 rings (SSSR count). The third-order valence-corrected chi connectivity index (χ3v) is 5.69. The second-order valence-corrected chi connectivity index (χ2v) is 7.89. The zero-order chi connectivity index (χ0) is 20.8. The molecule has 2 unspecified atom stereocenters. The van der Waals surface area contributed by atoms with E-state index >= 15 is 0 Å². The second-order valence-electron chi connectivity index (χ2n) is 7.03. The van der Waals surface area contributed by atoms with Crippen molar-refractivity contribution in [3.8, 4) is 0 Å². The van der Waals surface area contributed by atoms with Crippen molar-refractivity contribution in [2.45, 2.75) is 32.0 Å². The Labute approximate surface area is 178 Å². The molecule has 0 aromatic heterocycles. The van der Waals surface area contributed by atoms with Gasteiger partial charge in [-0.25, -0.2) is 4.39 Å². The van der Waals surface area contributed by atoms with Crippen molar-refractivity contribution in [1.82, 2.24) is 4.90 Å². The van der Waals surface area contributed by atoms with Crippen molar-refractivity contribution in [3.63, 3.8) is 0 Å². The number of hydrogen-bond donors (Lipinski definition) is 1. The van der Waals surface area contributed by atoms with Crippen LogP contribution in [0.3, 0.4) is 0 Å². The number of hydrogen-bond acceptors (Lipinski definition) is 2. The maximum Gasteiger partial charge on any atom is 0.305 e. The Kier molecular flexibility index (Phi) is 7.18. The molecule has 0 aliphatic carbocycles. The SMILES string of the molecule is CC(c1ccccc1)N(Cc1ccccc1)C(CC(=O)O)c1ccc(F)c(Br)c1. The molecule has 0 spiro atoms. The predicted octanol–water partition coefficient (Wildman–Crippen LogP) is 6.37. The van der Waals surface area contributed by atoms with Crippen LogP contribution in [0.1, 0.15) is 42.1 Å². The van der Waals surface area contributed by atoms with Gasteiger partial charge in [-0.15, -0.1) is 0 Å². The van der Waals surface area contributed by atoms with Gasteiger partial charge in [-0.3, -0.25) is 9.69 Å². The summed E-state index contributed by atoms with van der Waals surface area (Å²) < 4.78 is 14.2. The van der Waals surface area contributed by atoms with E-state index in [9.17, 15) is 14.3 Å². The van der Waals surface area contributed by atoms with Crippen molar-refractivity contribution in [2.75, 3.05) is 0 Å². The third kappa shape index (κ3) is 5.52. The van der Waals surface area contributed by atoms with E-state index in [-0.39, 0.29) is 18.3 Å². The molecule has 0 fully saturated rings. The Morgan fingerprint density at radius 1 is 1.00 bits per heavy atom. The van der Waals surface area contributed by atoms with Crippen molar-refractivity contribution in [2.24, 2.45) is 0 Å². The summed E-state index contributed by atoms with van der Waals surface area (Å²) in [6.45, 7) is 2.65. The molecule has 3 aromatic carbocycles. The van der Waals surface area contributed by atoms with E-state index in [1.165, 1.54) is 6.07 Å². The minimum Gasteiger partial charge on any atom is -0.481 e. The van der Waals surface area contributed by atoms with E-state index in [4.69, 9.17) is 0 Å². The summed E-state index contributed by atoms with van der Waals surface area (Å²) in [6, 6.07) is 24.2. The fourth-order valence-corrected chi connectivity index (χ4v) is 3.94. The summed E-state index contributed by atoms with van der Waals surface area (Å²) in [7, 11) is 0. The van der Waals surface area contributed by atoms with E-state index < -0.39 is 12.0 Å². The van der Waals surface area contributed by atoms with Gasteiger partial charge in [-0.1, -0.05) is 66.7 Å². The van der Waals surface area contributed by atoms with Crippen molar-refractivity contribution in [3.05, 3.63) is 106 Å². The summed E-state index contributed by atoms with van der Waals surface area (Å²) in [5, 5.41) is 9.62. The van der Waals surface area contributed by atoms with Crippen LogP contribution in [0, 0.1) is 5.82 Å². The molecule has 0 amide bonds. The number of carboxylic acids is 1. The Morgan fingerprint density at radius 2 is 1.62 bits per heavy atom. The molecule has 1 N–H and O–H groups in total. The molecule has 3 aromatic rings. The zero-order valence-corrected chi connectivity index (χ0v) is 17.7. The van der Waals surface area contributed by atoms with Gasteiger partial charge in [0.2, 0.25) is 0 Å². The number of benzene rings is 3. The molecule has 0 aliphatic rings. The lowest BCUT2D eigenvalue weighted by Crippen LogP contribution is -2.32. The summed E-state index contributed by atoms with van der Waals surface area (Å²) in [4.78, 5) is 13.9. The first-order valence-corrected chi connectivity index (χ1v) is 10.3. The van der Waals surface area contributed by atoms with Crippen LogP contribution in [0.25, 0.3) is 0 Å². The van der Waals surface area contributed by atoms with Crippen LogP contribution in [0.4, 0.5) is 4.39 Å².